The molecule has 2 aromatic carbocycles. The number of rotatable bonds is 5. The van der Waals surface area contributed by atoms with Crippen LogP contribution in [0.15, 0.2) is 48.5 Å². The van der Waals surface area contributed by atoms with E-state index in [9.17, 15) is 9.59 Å². The van der Waals surface area contributed by atoms with Crippen molar-refractivity contribution in [2.45, 2.75) is 19.4 Å². The van der Waals surface area contributed by atoms with Crippen LogP contribution in [0.3, 0.4) is 0 Å². The van der Waals surface area contributed by atoms with Crippen molar-refractivity contribution in [2.75, 3.05) is 18.7 Å². The Labute approximate surface area is 140 Å². The van der Waals surface area contributed by atoms with Gasteiger partial charge in [0.1, 0.15) is 12.5 Å². The van der Waals surface area contributed by atoms with Gasteiger partial charge in [-0.15, -0.1) is 0 Å². The molecule has 1 aliphatic rings. The zero-order valence-electron chi connectivity index (χ0n) is 13.7. The van der Waals surface area contributed by atoms with Crippen LogP contribution in [0.25, 0.3) is 0 Å². The average Bonchev–Trinajstić information content (AvgIpc) is 2.63. The third-order valence-corrected chi connectivity index (χ3v) is 3.99. The number of benzene rings is 2. The standard InChI is InChI=1S/C19H19NO4/c1-3-16(21)14-9-10-17-15(11-14)20(12-23-2)19(22)18(24-17)13-7-5-4-6-8-13/h4-11,18H,3,12H2,1-2H3. The number of fused-ring (bicyclic) bond motifs is 1. The van der Waals surface area contributed by atoms with Crippen molar-refractivity contribution in [3.8, 4) is 5.75 Å². The lowest BCUT2D eigenvalue weighted by molar-refractivity contribution is -0.127. The SMILES string of the molecule is CCC(=O)c1ccc2c(c1)N(COC)C(=O)C(c1ccccc1)O2. The molecule has 1 unspecified atom stereocenters. The number of hydrogen-bond acceptors (Lipinski definition) is 4. The third-order valence-electron chi connectivity index (χ3n) is 3.99. The molecule has 5 heteroatoms. The fourth-order valence-corrected chi connectivity index (χ4v) is 2.74. The van der Waals surface area contributed by atoms with Crippen LogP contribution in [0.5, 0.6) is 5.75 Å². The molecule has 0 saturated heterocycles. The van der Waals surface area contributed by atoms with E-state index >= 15 is 0 Å². The van der Waals surface area contributed by atoms with Gasteiger partial charge in [-0.2, -0.15) is 0 Å². The summed E-state index contributed by atoms with van der Waals surface area (Å²) >= 11 is 0. The van der Waals surface area contributed by atoms with E-state index < -0.39 is 6.10 Å². The maximum Gasteiger partial charge on any atom is 0.274 e. The number of carbonyl (C=O) groups is 2. The molecule has 0 saturated carbocycles. The number of amides is 1. The van der Waals surface area contributed by atoms with E-state index in [0.717, 1.165) is 5.56 Å². The quantitative estimate of drug-likeness (QED) is 0.791. The third kappa shape index (κ3) is 2.90. The fourth-order valence-electron chi connectivity index (χ4n) is 2.74. The summed E-state index contributed by atoms with van der Waals surface area (Å²) in [6.07, 6.45) is -0.314. The fraction of sp³-hybridized carbons (Fsp3) is 0.263. The van der Waals surface area contributed by atoms with E-state index in [-0.39, 0.29) is 18.4 Å². The summed E-state index contributed by atoms with van der Waals surface area (Å²) in [6, 6.07) is 14.5. The number of ketones is 1. The summed E-state index contributed by atoms with van der Waals surface area (Å²) < 4.78 is 11.1. The van der Waals surface area contributed by atoms with Gasteiger partial charge in [0.15, 0.2) is 5.78 Å². The first-order chi connectivity index (χ1) is 11.7. The summed E-state index contributed by atoms with van der Waals surface area (Å²) in [4.78, 5) is 26.3. The molecule has 0 radical (unpaired) electrons. The first-order valence-electron chi connectivity index (χ1n) is 7.85. The normalized spacial score (nSPS) is 16.5. The molecule has 1 atom stereocenters. The highest BCUT2D eigenvalue weighted by Gasteiger charge is 2.35. The second kappa shape index (κ2) is 6.84. The second-order valence-electron chi connectivity index (χ2n) is 5.55. The Morgan fingerprint density at radius 1 is 1.21 bits per heavy atom. The minimum Gasteiger partial charge on any atom is -0.474 e. The van der Waals surface area contributed by atoms with E-state index in [4.69, 9.17) is 9.47 Å². The number of nitrogens with zero attached hydrogens (tertiary/aromatic N) is 1. The van der Waals surface area contributed by atoms with Crippen molar-refractivity contribution in [1.82, 2.24) is 0 Å². The Balaban J connectivity index is 2.04. The Hall–Kier alpha value is -2.66. The molecule has 0 spiro atoms. The topological polar surface area (TPSA) is 55.8 Å². The minimum atomic E-state index is -0.721. The Morgan fingerprint density at radius 3 is 2.62 bits per heavy atom. The minimum absolute atomic E-state index is 0.0211. The summed E-state index contributed by atoms with van der Waals surface area (Å²) in [7, 11) is 1.53. The molecule has 1 aliphatic heterocycles. The number of Topliss-reactive ketones (excluding diaryl/α,β-unsaturated/α-hetero) is 1. The highest BCUT2D eigenvalue weighted by atomic mass is 16.5. The summed E-state index contributed by atoms with van der Waals surface area (Å²) in [5.74, 6) is 0.373. The highest BCUT2D eigenvalue weighted by molar-refractivity contribution is 6.03. The molecule has 2 aromatic rings. The molecule has 24 heavy (non-hydrogen) atoms. The summed E-state index contributed by atoms with van der Waals surface area (Å²) in [5.41, 5.74) is 1.91. The lowest BCUT2D eigenvalue weighted by atomic mass is 10.0. The van der Waals surface area contributed by atoms with Crippen molar-refractivity contribution in [1.29, 1.82) is 0 Å². The number of hydrogen-bond donors (Lipinski definition) is 0. The molecule has 5 nitrogen and oxygen atoms in total. The Bertz CT molecular complexity index is 757. The van der Waals surface area contributed by atoms with Crippen LogP contribution in [0.4, 0.5) is 5.69 Å². The van der Waals surface area contributed by atoms with Crippen LogP contribution in [0.1, 0.15) is 35.4 Å². The van der Waals surface area contributed by atoms with Gasteiger partial charge < -0.3 is 9.47 Å². The van der Waals surface area contributed by atoms with Crippen LogP contribution >= 0.6 is 0 Å². The molecule has 0 aliphatic carbocycles. The van der Waals surface area contributed by atoms with Gasteiger partial charge >= 0.3 is 0 Å². The molecule has 0 aromatic heterocycles. The second-order valence-corrected chi connectivity index (χ2v) is 5.55. The molecule has 0 N–H and O–H groups in total. The average molecular weight is 325 g/mol. The van der Waals surface area contributed by atoms with Crippen molar-refractivity contribution >= 4 is 17.4 Å². The van der Waals surface area contributed by atoms with Crippen molar-refractivity contribution in [3.63, 3.8) is 0 Å². The number of anilines is 1. The van der Waals surface area contributed by atoms with Crippen LogP contribution in [0, 0.1) is 0 Å². The zero-order chi connectivity index (χ0) is 17.1. The van der Waals surface area contributed by atoms with E-state index in [1.807, 2.05) is 37.3 Å². The van der Waals surface area contributed by atoms with Gasteiger partial charge in [0.2, 0.25) is 6.10 Å². The van der Waals surface area contributed by atoms with Crippen molar-refractivity contribution in [3.05, 3.63) is 59.7 Å². The molecule has 1 heterocycles. The maximum absolute atomic E-state index is 12.9. The van der Waals surface area contributed by atoms with Gasteiger partial charge in [-0.3, -0.25) is 14.5 Å². The Kier molecular flexibility index (Phi) is 4.62. The zero-order valence-corrected chi connectivity index (χ0v) is 13.7. The predicted octanol–water partition coefficient (Wildman–Crippen LogP) is 3.35. The largest absolute Gasteiger partial charge is 0.474 e. The summed E-state index contributed by atoms with van der Waals surface area (Å²) in [6.45, 7) is 1.91. The van der Waals surface area contributed by atoms with Gasteiger partial charge in [0.25, 0.3) is 5.91 Å². The lowest BCUT2D eigenvalue weighted by Crippen LogP contribution is -2.42. The predicted molar refractivity (Wildman–Crippen MR) is 90.2 cm³/mol. The first kappa shape index (κ1) is 16.2. The van der Waals surface area contributed by atoms with Gasteiger partial charge in [-0.1, -0.05) is 37.3 Å². The van der Waals surface area contributed by atoms with Crippen molar-refractivity contribution in [2.24, 2.45) is 0 Å². The van der Waals surface area contributed by atoms with Crippen LogP contribution < -0.4 is 9.64 Å². The van der Waals surface area contributed by atoms with E-state index in [2.05, 4.69) is 0 Å². The molecule has 1 amide bonds. The van der Waals surface area contributed by atoms with Gasteiger partial charge in [-0.25, -0.2) is 0 Å². The van der Waals surface area contributed by atoms with Gasteiger partial charge in [0.05, 0.1) is 5.69 Å². The molecular weight excluding hydrogens is 306 g/mol. The molecule has 3 rings (SSSR count). The van der Waals surface area contributed by atoms with Gasteiger partial charge in [-0.05, 0) is 18.2 Å². The lowest BCUT2D eigenvalue weighted by Gasteiger charge is -2.34. The van der Waals surface area contributed by atoms with Gasteiger partial charge in [0, 0.05) is 24.7 Å². The maximum atomic E-state index is 12.9. The van der Waals surface area contributed by atoms with Crippen molar-refractivity contribution < 1.29 is 19.1 Å². The number of carbonyl (C=O) groups excluding carboxylic acids is 2. The monoisotopic (exact) mass is 325 g/mol. The summed E-state index contributed by atoms with van der Waals surface area (Å²) in [5, 5.41) is 0. The molecule has 0 fully saturated rings. The first-order valence-corrected chi connectivity index (χ1v) is 7.85. The number of ether oxygens (including phenoxy) is 2. The molecular formula is C19H19NO4. The van der Waals surface area contributed by atoms with Crippen LogP contribution in [0.2, 0.25) is 0 Å². The van der Waals surface area contributed by atoms with E-state index in [1.165, 1.54) is 12.0 Å². The number of methoxy groups -OCH3 is 1. The van der Waals surface area contributed by atoms with Crippen LogP contribution in [-0.4, -0.2) is 25.5 Å². The highest BCUT2D eigenvalue weighted by Crippen LogP contribution is 2.39. The Morgan fingerprint density at radius 2 is 1.96 bits per heavy atom. The molecule has 0 bridgehead atoms. The van der Waals surface area contributed by atoms with E-state index in [0.29, 0.717) is 23.4 Å². The van der Waals surface area contributed by atoms with E-state index in [1.54, 1.807) is 18.2 Å². The van der Waals surface area contributed by atoms with Crippen LogP contribution in [-0.2, 0) is 9.53 Å². The molecule has 124 valence electrons. The smallest absolute Gasteiger partial charge is 0.274 e.